The van der Waals surface area contributed by atoms with Crippen LogP contribution in [0.3, 0.4) is 0 Å². The number of thioether (sulfide) groups is 1. The van der Waals surface area contributed by atoms with Crippen molar-refractivity contribution in [1.29, 1.82) is 0 Å². The van der Waals surface area contributed by atoms with E-state index in [1.165, 1.54) is 17.3 Å². The summed E-state index contributed by atoms with van der Waals surface area (Å²) in [7, 11) is 1.59. The molecule has 158 valence electrons. The first-order chi connectivity index (χ1) is 14.6. The number of rotatable bonds is 10. The average molecular weight is 426 g/mol. The zero-order chi connectivity index (χ0) is 21.3. The Hall–Kier alpha value is -2.64. The monoisotopic (exact) mass is 425 g/mol. The molecule has 0 aliphatic heterocycles. The van der Waals surface area contributed by atoms with Crippen LogP contribution in [0.2, 0.25) is 0 Å². The van der Waals surface area contributed by atoms with Crippen molar-refractivity contribution in [3.05, 3.63) is 70.5 Å². The Morgan fingerprint density at radius 3 is 2.67 bits per heavy atom. The number of carbonyl (C=O) groups excluding carboxylic acids is 1. The van der Waals surface area contributed by atoms with E-state index in [2.05, 4.69) is 22.4 Å². The lowest BCUT2D eigenvalue weighted by molar-refractivity contribution is -0.119. The number of hydrogen-bond donors (Lipinski definition) is 1. The van der Waals surface area contributed by atoms with Crippen molar-refractivity contribution in [2.75, 3.05) is 19.5 Å². The number of para-hydroxylation sites is 1. The minimum Gasteiger partial charge on any atom is -0.383 e. The highest BCUT2D eigenvalue weighted by Gasteiger charge is 2.14. The molecule has 3 rings (SSSR count). The molecule has 3 aromatic rings. The smallest absolute Gasteiger partial charge is 0.262 e. The van der Waals surface area contributed by atoms with E-state index in [1.807, 2.05) is 43.3 Å². The summed E-state index contributed by atoms with van der Waals surface area (Å²) in [6, 6.07) is 17.6. The van der Waals surface area contributed by atoms with E-state index < -0.39 is 0 Å². The quantitative estimate of drug-likeness (QED) is 0.399. The summed E-state index contributed by atoms with van der Waals surface area (Å²) >= 11 is 1.28. The van der Waals surface area contributed by atoms with E-state index in [0.29, 0.717) is 29.2 Å². The molecule has 0 radical (unpaired) electrons. The predicted octanol–water partition coefficient (Wildman–Crippen LogP) is 3.27. The summed E-state index contributed by atoms with van der Waals surface area (Å²) < 4.78 is 6.72. The number of hydrogen-bond acceptors (Lipinski definition) is 5. The number of nitrogens with one attached hydrogen (secondary N) is 1. The van der Waals surface area contributed by atoms with Gasteiger partial charge in [-0.25, -0.2) is 4.98 Å². The number of benzene rings is 2. The van der Waals surface area contributed by atoms with Gasteiger partial charge < -0.3 is 10.1 Å². The summed E-state index contributed by atoms with van der Waals surface area (Å²) in [5, 5.41) is 4.13. The van der Waals surface area contributed by atoms with Gasteiger partial charge in [0.15, 0.2) is 5.16 Å². The molecule has 1 atom stereocenters. The first-order valence-electron chi connectivity index (χ1n) is 10.0. The Labute approximate surface area is 180 Å². The zero-order valence-corrected chi connectivity index (χ0v) is 18.2. The van der Waals surface area contributed by atoms with E-state index in [-0.39, 0.29) is 23.3 Å². The molecular formula is C23H27N3O3S. The maximum atomic E-state index is 12.9. The number of amides is 1. The highest BCUT2D eigenvalue weighted by atomic mass is 32.2. The van der Waals surface area contributed by atoms with E-state index in [9.17, 15) is 9.59 Å². The second kappa shape index (κ2) is 10.9. The molecule has 0 bridgehead atoms. The van der Waals surface area contributed by atoms with Gasteiger partial charge in [-0.15, -0.1) is 0 Å². The van der Waals surface area contributed by atoms with Gasteiger partial charge in [0.25, 0.3) is 5.56 Å². The van der Waals surface area contributed by atoms with Crippen LogP contribution in [0.5, 0.6) is 0 Å². The van der Waals surface area contributed by atoms with Crippen molar-refractivity contribution in [3.63, 3.8) is 0 Å². The Bertz CT molecular complexity index is 1040. The van der Waals surface area contributed by atoms with Crippen molar-refractivity contribution < 1.29 is 9.53 Å². The summed E-state index contributed by atoms with van der Waals surface area (Å²) in [6.45, 7) is 2.80. The molecule has 0 saturated heterocycles. The third-order valence-electron chi connectivity index (χ3n) is 4.79. The number of ether oxygens (including phenoxy) is 1. The molecule has 1 unspecified atom stereocenters. The lowest BCUT2D eigenvalue weighted by atomic mass is 10.1. The fraction of sp³-hybridized carbons (Fsp3) is 0.348. The Morgan fingerprint density at radius 2 is 1.90 bits per heavy atom. The fourth-order valence-electron chi connectivity index (χ4n) is 3.18. The molecule has 6 nitrogen and oxygen atoms in total. The van der Waals surface area contributed by atoms with Gasteiger partial charge in [-0.1, -0.05) is 54.2 Å². The van der Waals surface area contributed by atoms with Gasteiger partial charge >= 0.3 is 0 Å². The average Bonchev–Trinajstić information content (AvgIpc) is 2.76. The molecule has 0 aliphatic carbocycles. The zero-order valence-electron chi connectivity index (χ0n) is 17.3. The number of fused-ring (bicyclic) bond motifs is 1. The summed E-state index contributed by atoms with van der Waals surface area (Å²) in [6.07, 6.45) is 1.78. The van der Waals surface area contributed by atoms with Crippen molar-refractivity contribution >= 4 is 28.6 Å². The van der Waals surface area contributed by atoms with Crippen molar-refractivity contribution in [2.24, 2.45) is 0 Å². The van der Waals surface area contributed by atoms with Crippen LogP contribution in [0.25, 0.3) is 10.9 Å². The van der Waals surface area contributed by atoms with Crippen LogP contribution >= 0.6 is 11.8 Å². The van der Waals surface area contributed by atoms with Gasteiger partial charge in [0.1, 0.15) is 0 Å². The Morgan fingerprint density at radius 1 is 1.17 bits per heavy atom. The highest BCUT2D eigenvalue weighted by molar-refractivity contribution is 7.99. The molecule has 30 heavy (non-hydrogen) atoms. The maximum Gasteiger partial charge on any atom is 0.262 e. The van der Waals surface area contributed by atoms with Crippen LogP contribution in [-0.2, 0) is 22.5 Å². The number of aromatic nitrogens is 2. The van der Waals surface area contributed by atoms with E-state index in [0.717, 1.165) is 12.8 Å². The minimum absolute atomic E-state index is 0.0681. The third-order valence-corrected chi connectivity index (χ3v) is 5.77. The van der Waals surface area contributed by atoms with Crippen LogP contribution in [0.15, 0.2) is 64.5 Å². The first-order valence-corrected chi connectivity index (χ1v) is 11.0. The SMILES string of the molecule is COCCn1c(SCC(=O)NC(C)CCc2ccccc2)nc2ccccc2c1=O. The van der Waals surface area contributed by atoms with Gasteiger partial charge in [-0.3, -0.25) is 14.2 Å². The van der Waals surface area contributed by atoms with E-state index in [1.54, 1.807) is 17.7 Å². The molecule has 1 aromatic heterocycles. The third kappa shape index (κ3) is 5.93. The van der Waals surface area contributed by atoms with Gasteiger partial charge in [0, 0.05) is 13.2 Å². The summed E-state index contributed by atoms with van der Waals surface area (Å²) in [5.41, 5.74) is 1.78. The molecule has 0 saturated carbocycles. The van der Waals surface area contributed by atoms with Crippen LogP contribution in [-0.4, -0.2) is 41.0 Å². The van der Waals surface area contributed by atoms with Gasteiger partial charge in [-0.05, 0) is 37.5 Å². The summed E-state index contributed by atoms with van der Waals surface area (Å²) in [5.74, 6) is 0.134. The normalized spacial score (nSPS) is 12.1. The lowest BCUT2D eigenvalue weighted by Crippen LogP contribution is -2.34. The molecule has 1 heterocycles. The molecule has 1 amide bonds. The topological polar surface area (TPSA) is 73.2 Å². The second-order valence-corrected chi connectivity index (χ2v) is 8.09. The molecule has 0 spiro atoms. The van der Waals surface area contributed by atoms with E-state index in [4.69, 9.17) is 4.74 Å². The predicted molar refractivity (Wildman–Crippen MR) is 121 cm³/mol. The minimum atomic E-state index is -0.114. The number of carbonyl (C=O) groups is 1. The van der Waals surface area contributed by atoms with Gasteiger partial charge in [0.05, 0.1) is 29.8 Å². The van der Waals surface area contributed by atoms with Crippen LogP contribution in [0.1, 0.15) is 18.9 Å². The molecule has 1 N–H and O–H groups in total. The standard InChI is InChI=1S/C23H27N3O3S/c1-17(12-13-18-8-4-3-5-9-18)24-21(27)16-30-23-25-20-11-7-6-10-19(20)22(28)26(23)14-15-29-2/h3-11,17H,12-16H2,1-2H3,(H,24,27). The molecule has 0 fully saturated rings. The second-order valence-electron chi connectivity index (χ2n) is 7.14. The Kier molecular flexibility index (Phi) is 8.04. The molecular weight excluding hydrogens is 398 g/mol. The number of aryl methyl sites for hydroxylation is 1. The first kappa shape index (κ1) is 22.1. The van der Waals surface area contributed by atoms with Crippen molar-refractivity contribution in [3.8, 4) is 0 Å². The van der Waals surface area contributed by atoms with Crippen molar-refractivity contribution in [1.82, 2.24) is 14.9 Å². The lowest BCUT2D eigenvalue weighted by Gasteiger charge is -2.15. The van der Waals surface area contributed by atoms with Crippen LogP contribution in [0, 0.1) is 0 Å². The molecule has 7 heteroatoms. The van der Waals surface area contributed by atoms with E-state index >= 15 is 0 Å². The van der Waals surface area contributed by atoms with Crippen LogP contribution < -0.4 is 10.9 Å². The highest BCUT2D eigenvalue weighted by Crippen LogP contribution is 2.18. The van der Waals surface area contributed by atoms with Gasteiger partial charge in [-0.2, -0.15) is 0 Å². The Balaban J connectivity index is 1.62. The summed E-state index contributed by atoms with van der Waals surface area (Å²) in [4.78, 5) is 29.9. The number of methoxy groups -OCH3 is 1. The number of nitrogens with zero attached hydrogens (tertiary/aromatic N) is 2. The van der Waals surface area contributed by atoms with Crippen molar-refractivity contribution in [2.45, 2.75) is 37.5 Å². The van der Waals surface area contributed by atoms with Gasteiger partial charge in [0.2, 0.25) is 5.91 Å². The van der Waals surface area contributed by atoms with Crippen LogP contribution in [0.4, 0.5) is 0 Å². The maximum absolute atomic E-state index is 12.9. The molecule has 2 aromatic carbocycles. The largest absolute Gasteiger partial charge is 0.383 e. The fourth-order valence-corrected chi connectivity index (χ4v) is 4.02. The molecule has 0 aliphatic rings.